The van der Waals surface area contributed by atoms with Crippen LogP contribution >= 0.6 is 8.81 Å². The highest BCUT2D eigenvalue weighted by Gasteiger charge is 1.95. The number of methoxy groups -OCH3 is 1. The molecule has 0 saturated carbocycles. The van der Waals surface area contributed by atoms with Gasteiger partial charge in [0.1, 0.15) is 17.8 Å². The number of benzene rings is 1. The second-order valence-electron chi connectivity index (χ2n) is 3.25. The minimum absolute atomic E-state index is 0.392. The number of rotatable bonds is 6. The van der Waals surface area contributed by atoms with Crippen molar-refractivity contribution in [1.29, 1.82) is 0 Å². The van der Waals surface area contributed by atoms with Crippen LogP contribution in [0.2, 0.25) is 0 Å². The average Bonchev–Trinajstić information content (AvgIpc) is 2.36. The molecule has 1 aromatic carbocycles. The van der Waals surface area contributed by atoms with E-state index in [4.69, 9.17) is 14.0 Å². The lowest BCUT2D eigenvalue weighted by atomic mass is 10.3. The molecule has 0 aliphatic rings. The predicted octanol–water partition coefficient (Wildman–Crippen LogP) is 4.08. The fourth-order valence-electron chi connectivity index (χ4n) is 0.947. The van der Waals surface area contributed by atoms with E-state index in [0.717, 1.165) is 18.1 Å². The first-order valence-electron chi connectivity index (χ1n) is 5.89. The van der Waals surface area contributed by atoms with E-state index in [1.165, 1.54) is 6.42 Å². The lowest BCUT2D eigenvalue weighted by Gasteiger charge is -2.06. The van der Waals surface area contributed by atoms with Gasteiger partial charge in [0.2, 0.25) is 0 Å². The van der Waals surface area contributed by atoms with Crippen LogP contribution < -0.4 is 9.47 Å². The molecule has 98 valence electrons. The van der Waals surface area contributed by atoms with Crippen LogP contribution in [0.3, 0.4) is 0 Å². The van der Waals surface area contributed by atoms with Crippen molar-refractivity contribution in [3.63, 3.8) is 0 Å². The van der Waals surface area contributed by atoms with Gasteiger partial charge in [-0.2, -0.15) is 0 Å². The van der Waals surface area contributed by atoms with Gasteiger partial charge in [0, 0.05) is 12.7 Å². The van der Waals surface area contributed by atoms with Crippen molar-refractivity contribution in [1.82, 2.24) is 0 Å². The van der Waals surface area contributed by atoms with Crippen LogP contribution in [0.25, 0.3) is 0 Å². The maximum Gasteiger partial charge on any atom is 0.129 e. The quantitative estimate of drug-likeness (QED) is 0.568. The molecule has 0 heterocycles. The predicted molar refractivity (Wildman–Crippen MR) is 74.4 cm³/mol. The Morgan fingerprint density at radius 1 is 1.12 bits per heavy atom. The van der Waals surface area contributed by atoms with E-state index in [2.05, 4.69) is 13.8 Å². The molecule has 0 saturated heterocycles. The molecular weight excluding hydrogens is 235 g/mol. The van der Waals surface area contributed by atoms with E-state index >= 15 is 0 Å². The van der Waals surface area contributed by atoms with E-state index in [-0.39, 0.29) is 0 Å². The maximum atomic E-state index is 5.46. The molecule has 0 aromatic heterocycles. The third-order valence-electron chi connectivity index (χ3n) is 1.59. The van der Waals surface area contributed by atoms with E-state index in [1.807, 2.05) is 31.2 Å². The molecule has 0 spiro atoms. The van der Waals surface area contributed by atoms with Gasteiger partial charge in [0.15, 0.2) is 0 Å². The van der Waals surface area contributed by atoms with E-state index < -0.39 is 0 Å². The van der Waals surface area contributed by atoms with Crippen LogP contribution in [0.4, 0.5) is 0 Å². The molecule has 1 unspecified atom stereocenters. The summed E-state index contributed by atoms with van der Waals surface area (Å²) in [6, 6.07) is 7.55. The van der Waals surface area contributed by atoms with Crippen LogP contribution in [-0.4, -0.2) is 20.1 Å². The Hall–Kier alpha value is -0.790. The van der Waals surface area contributed by atoms with Crippen molar-refractivity contribution in [3.8, 4) is 11.5 Å². The lowest BCUT2D eigenvalue weighted by Crippen LogP contribution is -1.92. The zero-order valence-electron chi connectivity index (χ0n) is 11.2. The largest absolute Gasteiger partial charge is 0.497 e. The van der Waals surface area contributed by atoms with E-state index in [9.17, 15) is 0 Å². The van der Waals surface area contributed by atoms with Crippen molar-refractivity contribution in [2.45, 2.75) is 27.2 Å². The van der Waals surface area contributed by atoms with Gasteiger partial charge in [-0.15, -0.1) is 0 Å². The number of hydrogen-bond donors (Lipinski definition) is 0. The standard InChI is InChI=1S/C10H15O3P.C3H8/c1-3-13-14-8-12-10-6-4-5-9(7-10)11-2;1-3-2/h4-7,14H,3,8H2,1-2H3;3H2,1-2H3. The molecule has 0 aliphatic heterocycles. The first-order chi connectivity index (χ1) is 8.28. The highest BCUT2D eigenvalue weighted by Crippen LogP contribution is 2.21. The molecule has 0 aliphatic carbocycles. The van der Waals surface area contributed by atoms with Crippen molar-refractivity contribution in [2.75, 3.05) is 20.1 Å². The van der Waals surface area contributed by atoms with Crippen molar-refractivity contribution < 1.29 is 14.0 Å². The number of hydrogen-bond acceptors (Lipinski definition) is 3. The Morgan fingerprint density at radius 3 is 2.35 bits per heavy atom. The van der Waals surface area contributed by atoms with E-state index in [0.29, 0.717) is 15.2 Å². The highest BCUT2D eigenvalue weighted by atomic mass is 31.1. The second-order valence-corrected chi connectivity index (χ2v) is 4.12. The third-order valence-corrected chi connectivity index (χ3v) is 2.34. The Balaban J connectivity index is 0.000000770. The monoisotopic (exact) mass is 258 g/mol. The third kappa shape index (κ3) is 8.96. The summed E-state index contributed by atoms with van der Waals surface area (Å²) in [5, 5.41) is 0. The summed E-state index contributed by atoms with van der Waals surface area (Å²) in [6.07, 6.45) is 1.85. The van der Waals surface area contributed by atoms with Gasteiger partial charge in [-0.25, -0.2) is 0 Å². The van der Waals surface area contributed by atoms with Crippen LogP contribution in [0, 0.1) is 0 Å². The molecule has 0 bridgehead atoms. The Morgan fingerprint density at radius 2 is 1.76 bits per heavy atom. The molecule has 0 N–H and O–H groups in total. The molecule has 0 amide bonds. The van der Waals surface area contributed by atoms with Gasteiger partial charge in [-0.05, 0) is 19.1 Å². The van der Waals surface area contributed by atoms with Crippen molar-refractivity contribution in [2.24, 2.45) is 0 Å². The van der Waals surface area contributed by atoms with Gasteiger partial charge in [0.25, 0.3) is 0 Å². The van der Waals surface area contributed by atoms with Crippen LogP contribution in [0.5, 0.6) is 11.5 Å². The second kappa shape index (κ2) is 11.7. The zero-order valence-corrected chi connectivity index (χ0v) is 12.2. The number of ether oxygens (including phenoxy) is 2. The molecule has 1 aromatic rings. The molecule has 1 atom stereocenters. The van der Waals surface area contributed by atoms with Gasteiger partial charge >= 0.3 is 0 Å². The molecule has 3 nitrogen and oxygen atoms in total. The average molecular weight is 258 g/mol. The summed E-state index contributed by atoms with van der Waals surface area (Å²) in [6.45, 7) is 6.96. The van der Waals surface area contributed by atoms with E-state index in [1.54, 1.807) is 7.11 Å². The molecule has 4 heteroatoms. The highest BCUT2D eigenvalue weighted by molar-refractivity contribution is 7.31. The van der Waals surface area contributed by atoms with Crippen molar-refractivity contribution >= 4 is 8.81 Å². The smallest absolute Gasteiger partial charge is 0.129 e. The SMILES string of the molecule is CCC.CCOPCOc1cccc(OC)c1. The molecule has 0 fully saturated rings. The van der Waals surface area contributed by atoms with Gasteiger partial charge in [-0.1, -0.05) is 26.3 Å². The molecule has 1 rings (SSSR count). The maximum absolute atomic E-state index is 5.46. The fraction of sp³-hybridized carbons (Fsp3) is 0.538. The lowest BCUT2D eigenvalue weighted by molar-refractivity contribution is 0.340. The minimum Gasteiger partial charge on any atom is -0.497 e. The van der Waals surface area contributed by atoms with Crippen molar-refractivity contribution in [3.05, 3.63) is 24.3 Å². The summed E-state index contributed by atoms with van der Waals surface area (Å²) >= 11 is 0. The molecular formula is C13H23O3P. The first-order valence-corrected chi connectivity index (χ1v) is 7.01. The molecule has 0 radical (unpaired) electrons. The summed E-state index contributed by atoms with van der Waals surface area (Å²) in [5.41, 5.74) is 0. The Bertz CT molecular complexity index is 279. The summed E-state index contributed by atoms with van der Waals surface area (Å²) < 4.78 is 15.7. The summed E-state index contributed by atoms with van der Waals surface area (Å²) in [7, 11) is 2.03. The summed E-state index contributed by atoms with van der Waals surface area (Å²) in [5.74, 6) is 1.62. The normalized spacial score (nSPS) is 9.88. The topological polar surface area (TPSA) is 27.7 Å². The minimum atomic E-state index is 0.392. The van der Waals surface area contributed by atoms with Gasteiger partial charge in [0.05, 0.1) is 15.9 Å². The molecule has 17 heavy (non-hydrogen) atoms. The first kappa shape index (κ1) is 16.2. The zero-order chi connectivity index (χ0) is 12.9. The Labute approximate surface area is 106 Å². The summed E-state index contributed by atoms with van der Waals surface area (Å²) in [4.78, 5) is 0. The van der Waals surface area contributed by atoms with Gasteiger partial charge < -0.3 is 14.0 Å². The Kier molecular flexibility index (Phi) is 11.1. The van der Waals surface area contributed by atoms with Crippen LogP contribution in [-0.2, 0) is 4.52 Å². The fourth-order valence-corrected chi connectivity index (χ4v) is 1.46. The van der Waals surface area contributed by atoms with Crippen LogP contribution in [0.15, 0.2) is 24.3 Å². The van der Waals surface area contributed by atoms with Gasteiger partial charge in [-0.3, -0.25) is 0 Å². The van der Waals surface area contributed by atoms with Crippen LogP contribution in [0.1, 0.15) is 27.2 Å².